The van der Waals surface area contributed by atoms with Crippen molar-refractivity contribution in [3.8, 4) is 0 Å². The molecular formula is C20H30N2O4. The van der Waals surface area contributed by atoms with Crippen LogP contribution >= 0.6 is 0 Å². The van der Waals surface area contributed by atoms with Gasteiger partial charge in [0, 0.05) is 31.5 Å². The molecule has 1 heterocycles. The van der Waals surface area contributed by atoms with Crippen LogP contribution in [0, 0.1) is 11.8 Å². The molecule has 1 aromatic carbocycles. The van der Waals surface area contributed by atoms with Crippen LogP contribution in [0.25, 0.3) is 0 Å². The summed E-state index contributed by atoms with van der Waals surface area (Å²) in [6.45, 7) is 5.58. The monoisotopic (exact) mass is 362 g/mol. The van der Waals surface area contributed by atoms with E-state index in [0.717, 1.165) is 18.6 Å². The Morgan fingerprint density at radius 3 is 2.65 bits per heavy atom. The number of aliphatic carboxylic acids is 1. The molecule has 0 aliphatic carbocycles. The molecule has 0 aromatic heterocycles. The Kier molecular flexibility index (Phi) is 7.91. The fraction of sp³-hybridized carbons (Fsp3) is 0.600. The first-order valence-electron chi connectivity index (χ1n) is 9.37. The van der Waals surface area contributed by atoms with Gasteiger partial charge in [-0.3, -0.25) is 4.79 Å². The molecule has 3 N–H and O–H groups in total. The summed E-state index contributed by atoms with van der Waals surface area (Å²) in [4.78, 5) is 23.2. The van der Waals surface area contributed by atoms with Gasteiger partial charge in [-0.05, 0) is 30.7 Å². The zero-order chi connectivity index (χ0) is 18.9. The van der Waals surface area contributed by atoms with E-state index in [9.17, 15) is 9.59 Å². The molecule has 0 saturated carbocycles. The van der Waals surface area contributed by atoms with Crippen LogP contribution in [0.3, 0.4) is 0 Å². The number of amides is 2. The number of ether oxygens (including phenoxy) is 1. The number of hydrogen-bond acceptors (Lipinski definition) is 3. The molecule has 2 rings (SSSR count). The molecule has 6 nitrogen and oxygen atoms in total. The summed E-state index contributed by atoms with van der Waals surface area (Å²) in [6, 6.07) is 9.32. The molecule has 0 radical (unpaired) electrons. The first-order chi connectivity index (χ1) is 12.5. The second-order valence-electron chi connectivity index (χ2n) is 7.30. The topological polar surface area (TPSA) is 87.7 Å². The molecule has 1 unspecified atom stereocenters. The zero-order valence-corrected chi connectivity index (χ0v) is 15.6. The molecular weight excluding hydrogens is 332 g/mol. The van der Waals surface area contributed by atoms with Crippen molar-refractivity contribution in [3.63, 3.8) is 0 Å². The Hall–Kier alpha value is -2.08. The van der Waals surface area contributed by atoms with Crippen LogP contribution in [-0.4, -0.2) is 42.4 Å². The predicted octanol–water partition coefficient (Wildman–Crippen LogP) is 2.82. The highest BCUT2D eigenvalue weighted by molar-refractivity contribution is 5.74. The SMILES string of the molecule is CC(C)[C@H]1OCC[C@@H]1CNC(=O)NC(CCC(=O)O)Cc1ccccc1. The molecule has 1 aromatic rings. The molecule has 1 fully saturated rings. The van der Waals surface area contributed by atoms with Crippen molar-refractivity contribution < 1.29 is 19.4 Å². The minimum Gasteiger partial charge on any atom is -0.481 e. The van der Waals surface area contributed by atoms with E-state index >= 15 is 0 Å². The summed E-state index contributed by atoms with van der Waals surface area (Å²) in [5.74, 6) is -0.103. The number of carbonyl (C=O) groups is 2. The Balaban J connectivity index is 1.85. The standard InChI is InChI=1S/C20H30N2O4/c1-14(2)19-16(10-11-26-19)13-21-20(25)22-17(8-9-18(23)24)12-15-6-4-3-5-7-15/h3-7,14,16-17,19H,8-13H2,1-2H3,(H,23,24)(H2,21,22,25)/t16-,17?,19-/m1/s1. The quantitative estimate of drug-likeness (QED) is 0.630. The van der Waals surface area contributed by atoms with Crippen LogP contribution in [0.4, 0.5) is 4.79 Å². The van der Waals surface area contributed by atoms with E-state index in [1.54, 1.807) is 0 Å². The number of benzene rings is 1. The van der Waals surface area contributed by atoms with Gasteiger partial charge >= 0.3 is 12.0 Å². The molecule has 3 atom stereocenters. The van der Waals surface area contributed by atoms with Gasteiger partial charge in [-0.2, -0.15) is 0 Å². The summed E-state index contributed by atoms with van der Waals surface area (Å²) in [7, 11) is 0. The third kappa shape index (κ3) is 6.67. The van der Waals surface area contributed by atoms with E-state index in [1.165, 1.54) is 0 Å². The molecule has 1 aliphatic heterocycles. The number of carboxylic acids is 1. The maximum absolute atomic E-state index is 12.3. The van der Waals surface area contributed by atoms with Gasteiger partial charge in [0.05, 0.1) is 6.10 Å². The lowest BCUT2D eigenvalue weighted by Crippen LogP contribution is -2.45. The number of nitrogens with one attached hydrogen (secondary N) is 2. The van der Waals surface area contributed by atoms with Gasteiger partial charge in [0.2, 0.25) is 0 Å². The Morgan fingerprint density at radius 1 is 1.27 bits per heavy atom. The molecule has 0 spiro atoms. The van der Waals surface area contributed by atoms with Crippen LogP contribution in [0.15, 0.2) is 30.3 Å². The van der Waals surface area contributed by atoms with E-state index in [2.05, 4.69) is 24.5 Å². The lowest BCUT2D eigenvalue weighted by molar-refractivity contribution is -0.137. The number of rotatable bonds is 9. The number of carboxylic acid groups (broad SMARTS) is 1. The number of urea groups is 1. The molecule has 1 aliphatic rings. The predicted molar refractivity (Wildman–Crippen MR) is 100 cm³/mol. The van der Waals surface area contributed by atoms with E-state index < -0.39 is 5.97 Å². The van der Waals surface area contributed by atoms with Gasteiger partial charge in [-0.25, -0.2) is 4.79 Å². The Bertz CT molecular complexity index is 576. The highest BCUT2D eigenvalue weighted by atomic mass is 16.5. The maximum Gasteiger partial charge on any atom is 0.315 e. The minimum atomic E-state index is -0.854. The van der Waals surface area contributed by atoms with E-state index in [1.807, 2.05) is 30.3 Å². The zero-order valence-electron chi connectivity index (χ0n) is 15.6. The van der Waals surface area contributed by atoms with Crippen molar-refractivity contribution in [2.75, 3.05) is 13.2 Å². The largest absolute Gasteiger partial charge is 0.481 e. The average molecular weight is 362 g/mol. The fourth-order valence-electron chi connectivity index (χ4n) is 3.49. The van der Waals surface area contributed by atoms with Gasteiger partial charge in [0.1, 0.15) is 0 Å². The second-order valence-corrected chi connectivity index (χ2v) is 7.30. The summed E-state index contributed by atoms with van der Waals surface area (Å²) < 4.78 is 5.75. The van der Waals surface area contributed by atoms with Crippen molar-refractivity contribution in [2.45, 2.75) is 51.7 Å². The van der Waals surface area contributed by atoms with Crippen molar-refractivity contribution in [3.05, 3.63) is 35.9 Å². The van der Waals surface area contributed by atoms with Crippen LogP contribution in [0.2, 0.25) is 0 Å². The fourth-order valence-corrected chi connectivity index (χ4v) is 3.49. The lowest BCUT2D eigenvalue weighted by Gasteiger charge is -2.23. The third-order valence-electron chi connectivity index (χ3n) is 4.81. The highest BCUT2D eigenvalue weighted by Crippen LogP contribution is 2.26. The number of carbonyl (C=O) groups excluding carboxylic acids is 1. The highest BCUT2D eigenvalue weighted by Gasteiger charge is 2.30. The van der Waals surface area contributed by atoms with Gasteiger partial charge in [-0.1, -0.05) is 44.2 Å². The van der Waals surface area contributed by atoms with Crippen molar-refractivity contribution in [1.82, 2.24) is 10.6 Å². The maximum atomic E-state index is 12.3. The van der Waals surface area contributed by atoms with Gasteiger partial charge in [0.25, 0.3) is 0 Å². The van der Waals surface area contributed by atoms with Crippen LogP contribution in [-0.2, 0) is 16.0 Å². The van der Waals surface area contributed by atoms with Crippen LogP contribution < -0.4 is 10.6 Å². The van der Waals surface area contributed by atoms with E-state index in [-0.39, 0.29) is 24.6 Å². The summed E-state index contributed by atoms with van der Waals surface area (Å²) in [5, 5.41) is 14.8. The summed E-state index contributed by atoms with van der Waals surface area (Å²) in [6.07, 6.45) is 2.18. The molecule has 144 valence electrons. The Labute approximate surface area is 155 Å². The second kappa shape index (κ2) is 10.2. The molecule has 0 bridgehead atoms. The molecule has 1 saturated heterocycles. The normalized spacial score (nSPS) is 20.7. The molecule has 6 heteroatoms. The average Bonchev–Trinajstić information content (AvgIpc) is 3.07. The first kappa shape index (κ1) is 20.2. The third-order valence-corrected chi connectivity index (χ3v) is 4.81. The first-order valence-corrected chi connectivity index (χ1v) is 9.37. The minimum absolute atomic E-state index is 0.0314. The van der Waals surface area contributed by atoms with E-state index in [4.69, 9.17) is 9.84 Å². The lowest BCUT2D eigenvalue weighted by atomic mass is 9.93. The van der Waals surface area contributed by atoms with Gasteiger partial charge in [-0.15, -0.1) is 0 Å². The summed E-state index contributed by atoms with van der Waals surface area (Å²) >= 11 is 0. The smallest absolute Gasteiger partial charge is 0.315 e. The van der Waals surface area contributed by atoms with Crippen LogP contribution in [0.1, 0.15) is 38.7 Å². The summed E-state index contributed by atoms with van der Waals surface area (Å²) in [5.41, 5.74) is 1.08. The van der Waals surface area contributed by atoms with E-state index in [0.29, 0.717) is 31.2 Å². The molecule has 2 amide bonds. The van der Waals surface area contributed by atoms with Crippen molar-refractivity contribution >= 4 is 12.0 Å². The van der Waals surface area contributed by atoms with Crippen molar-refractivity contribution in [1.29, 1.82) is 0 Å². The number of hydrogen-bond donors (Lipinski definition) is 3. The van der Waals surface area contributed by atoms with Crippen LogP contribution in [0.5, 0.6) is 0 Å². The van der Waals surface area contributed by atoms with Crippen molar-refractivity contribution in [2.24, 2.45) is 11.8 Å². The Morgan fingerprint density at radius 2 is 2.00 bits per heavy atom. The van der Waals surface area contributed by atoms with Gasteiger partial charge in [0.15, 0.2) is 0 Å². The van der Waals surface area contributed by atoms with Gasteiger partial charge < -0.3 is 20.5 Å². The molecule has 26 heavy (non-hydrogen) atoms.